The second kappa shape index (κ2) is 8.71. The van der Waals surface area contributed by atoms with Crippen LogP contribution in [0.2, 0.25) is 0 Å². The molecule has 3 N–H and O–H groups in total. The number of carbonyl (C=O) groups excluding carboxylic acids is 1. The first kappa shape index (κ1) is 20.3. The van der Waals surface area contributed by atoms with Gasteiger partial charge in [0.05, 0.1) is 5.39 Å². The van der Waals surface area contributed by atoms with Gasteiger partial charge in [0, 0.05) is 30.3 Å². The van der Waals surface area contributed by atoms with Crippen molar-refractivity contribution in [3.05, 3.63) is 26.6 Å². The summed E-state index contributed by atoms with van der Waals surface area (Å²) in [5, 5.41) is 7.14. The molecule has 0 bridgehead atoms. The van der Waals surface area contributed by atoms with Gasteiger partial charge in [-0.15, -0.1) is 23.7 Å². The second-order valence-electron chi connectivity index (χ2n) is 7.66. The summed E-state index contributed by atoms with van der Waals surface area (Å²) in [6, 6.07) is 0.219. The van der Waals surface area contributed by atoms with Crippen LogP contribution in [0.15, 0.2) is 4.79 Å². The second-order valence-corrected chi connectivity index (χ2v) is 8.74. The van der Waals surface area contributed by atoms with E-state index in [9.17, 15) is 9.59 Å². The highest BCUT2D eigenvalue weighted by atomic mass is 35.5. The summed E-state index contributed by atoms with van der Waals surface area (Å²) in [5.74, 6) is 1.32. The molecule has 0 radical (unpaired) electrons. The van der Waals surface area contributed by atoms with Crippen LogP contribution in [0.4, 0.5) is 0 Å². The standard InChI is InChI=1S/C19H26N4O2S.ClH/c1-11-4-5-13-14(9-11)26-19-17(13)18(25)22-15(23-19)6-7-16(24)21-12-3-2-8-20-10-12;/h11-12,20H,2-10H2,1H3,(H,21,24)(H,22,23,25);1H. The van der Waals surface area contributed by atoms with E-state index in [2.05, 4.69) is 27.5 Å². The van der Waals surface area contributed by atoms with Crippen LogP contribution in [-0.4, -0.2) is 35.0 Å². The molecule has 148 valence electrons. The van der Waals surface area contributed by atoms with Crippen molar-refractivity contribution in [1.82, 2.24) is 20.6 Å². The SMILES string of the molecule is CC1CCc2c(sc3nc(CCC(=O)NC4CCCNC4)[nH]c(=O)c23)C1.Cl. The number of carbonyl (C=O) groups is 1. The topological polar surface area (TPSA) is 86.9 Å². The predicted molar refractivity (Wildman–Crippen MR) is 111 cm³/mol. The first-order chi connectivity index (χ1) is 12.6. The minimum absolute atomic E-state index is 0. The minimum Gasteiger partial charge on any atom is -0.352 e. The Hall–Kier alpha value is -1.44. The number of fused-ring (bicyclic) bond motifs is 3. The van der Waals surface area contributed by atoms with Crippen LogP contribution in [0.5, 0.6) is 0 Å². The predicted octanol–water partition coefficient (Wildman–Crippen LogP) is 2.33. The van der Waals surface area contributed by atoms with E-state index in [0.717, 1.165) is 55.4 Å². The number of hydrogen-bond acceptors (Lipinski definition) is 5. The van der Waals surface area contributed by atoms with Gasteiger partial charge in [-0.1, -0.05) is 6.92 Å². The summed E-state index contributed by atoms with van der Waals surface area (Å²) in [6.45, 7) is 4.13. The molecule has 1 amide bonds. The molecule has 4 rings (SSSR count). The van der Waals surface area contributed by atoms with E-state index in [1.807, 2.05) is 0 Å². The van der Waals surface area contributed by atoms with Crippen molar-refractivity contribution >= 4 is 39.9 Å². The van der Waals surface area contributed by atoms with Gasteiger partial charge in [-0.25, -0.2) is 4.98 Å². The van der Waals surface area contributed by atoms with E-state index < -0.39 is 0 Å². The zero-order valence-corrected chi connectivity index (χ0v) is 17.2. The number of amides is 1. The van der Waals surface area contributed by atoms with Crippen LogP contribution in [-0.2, 0) is 24.1 Å². The number of nitrogens with one attached hydrogen (secondary N) is 3. The number of aromatic amines is 1. The number of aromatic nitrogens is 2. The van der Waals surface area contributed by atoms with Crippen molar-refractivity contribution in [2.75, 3.05) is 13.1 Å². The molecule has 0 spiro atoms. The fourth-order valence-electron chi connectivity index (χ4n) is 4.02. The summed E-state index contributed by atoms with van der Waals surface area (Å²) in [5.41, 5.74) is 1.15. The third-order valence-electron chi connectivity index (χ3n) is 5.47. The summed E-state index contributed by atoms with van der Waals surface area (Å²) in [7, 11) is 0. The van der Waals surface area contributed by atoms with Crippen LogP contribution in [0, 0.1) is 5.92 Å². The van der Waals surface area contributed by atoms with Crippen molar-refractivity contribution in [3.8, 4) is 0 Å². The Kier molecular flexibility index (Phi) is 6.55. The molecule has 1 aliphatic carbocycles. The number of aryl methyl sites for hydroxylation is 2. The quantitative estimate of drug-likeness (QED) is 0.721. The lowest BCUT2D eigenvalue weighted by molar-refractivity contribution is -0.121. The van der Waals surface area contributed by atoms with Crippen LogP contribution in [0.25, 0.3) is 10.2 Å². The Morgan fingerprint density at radius 2 is 2.22 bits per heavy atom. The van der Waals surface area contributed by atoms with E-state index in [1.54, 1.807) is 11.3 Å². The van der Waals surface area contributed by atoms with Gasteiger partial charge in [-0.2, -0.15) is 0 Å². The van der Waals surface area contributed by atoms with Gasteiger partial charge in [0.15, 0.2) is 0 Å². The Labute approximate surface area is 169 Å². The van der Waals surface area contributed by atoms with Crippen LogP contribution < -0.4 is 16.2 Å². The molecule has 6 nitrogen and oxygen atoms in total. The van der Waals surface area contributed by atoms with Gasteiger partial charge in [0.1, 0.15) is 10.7 Å². The maximum absolute atomic E-state index is 12.6. The third-order valence-corrected chi connectivity index (χ3v) is 6.61. The third kappa shape index (κ3) is 4.52. The first-order valence-electron chi connectivity index (χ1n) is 9.63. The zero-order valence-electron chi connectivity index (χ0n) is 15.6. The number of hydrogen-bond donors (Lipinski definition) is 3. The molecule has 1 aliphatic heterocycles. The van der Waals surface area contributed by atoms with Gasteiger partial charge in [-0.05, 0) is 50.1 Å². The highest BCUT2D eigenvalue weighted by Gasteiger charge is 2.23. The van der Waals surface area contributed by atoms with Gasteiger partial charge in [0.25, 0.3) is 5.56 Å². The number of thiophene rings is 1. The zero-order chi connectivity index (χ0) is 18.1. The van der Waals surface area contributed by atoms with Crippen molar-refractivity contribution in [3.63, 3.8) is 0 Å². The number of piperidine rings is 1. The number of halogens is 1. The van der Waals surface area contributed by atoms with E-state index in [1.165, 1.54) is 10.4 Å². The molecule has 2 atom stereocenters. The normalized spacial score (nSPS) is 22.1. The molecule has 3 heterocycles. The van der Waals surface area contributed by atoms with E-state index in [4.69, 9.17) is 0 Å². The largest absolute Gasteiger partial charge is 0.352 e. The Morgan fingerprint density at radius 3 is 3.00 bits per heavy atom. The van der Waals surface area contributed by atoms with E-state index in [0.29, 0.717) is 24.6 Å². The Morgan fingerprint density at radius 1 is 1.37 bits per heavy atom. The minimum atomic E-state index is -0.0473. The average Bonchev–Trinajstić information content (AvgIpc) is 2.98. The van der Waals surface area contributed by atoms with Crippen LogP contribution in [0.1, 0.15) is 48.9 Å². The molecule has 2 aromatic heterocycles. The number of rotatable bonds is 4. The summed E-state index contributed by atoms with van der Waals surface area (Å²) < 4.78 is 0. The number of H-pyrrole nitrogens is 1. The molecule has 27 heavy (non-hydrogen) atoms. The molecule has 0 saturated carbocycles. The summed E-state index contributed by atoms with van der Waals surface area (Å²) >= 11 is 1.65. The first-order valence-corrected chi connectivity index (χ1v) is 10.5. The lowest BCUT2D eigenvalue weighted by Gasteiger charge is -2.23. The lowest BCUT2D eigenvalue weighted by atomic mass is 9.89. The highest BCUT2D eigenvalue weighted by molar-refractivity contribution is 7.18. The maximum Gasteiger partial charge on any atom is 0.259 e. The molecule has 2 aliphatic rings. The molecular weight excluding hydrogens is 384 g/mol. The maximum atomic E-state index is 12.6. The smallest absolute Gasteiger partial charge is 0.259 e. The molecule has 2 unspecified atom stereocenters. The van der Waals surface area contributed by atoms with Gasteiger partial charge < -0.3 is 15.6 Å². The van der Waals surface area contributed by atoms with Crippen molar-refractivity contribution in [2.24, 2.45) is 5.92 Å². The van der Waals surface area contributed by atoms with Crippen LogP contribution in [0.3, 0.4) is 0 Å². The molecule has 1 fully saturated rings. The number of nitrogens with zero attached hydrogens (tertiary/aromatic N) is 1. The summed E-state index contributed by atoms with van der Waals surface area (Å²) in [4.78, 5) is 34.5. The van der Waals surface area contributed by atoms with Crippen LogP contribution >= 0.6 is 23.7 Å². The van der Waals surface area contributed by atoms with E-state index >= 15 is 0 Å². The lowest BCUT2D eigenvalue weighted by Crippen LogP contribution is -2.45. The van der Waals surface area contributed by atoms with E-state index in [-0.39, 0.29) is 29.9 Å². The Bertz CT molecular complexity index is 872. The molecule has 8 heteroatoms. The molecule has 2 aromatic rings. The van der Waals surface area contributed by atoms with Gasteiger partial charge in [0.2, 0.25) is 5.91 Å². The fourth-order valence-corrected chi connectivity index (χ4v) is 5.42. The highest BCUT2D eigenvalue weighted by Crippen LogP contribution is 2.35. The molecule has 1 saturated heterocycles. The van der Waals surface area contributed by atoms with Gasteiger partial charge >= 0.3 is 0 Å². The van der Waals surface area contributed by atoms with Gasteiger partial charge in [-0.3, -0.25) is 9.59 Å². The van der Waals surface area contributed by atoms with Crippen molar-refractivity contribution in [2.45, 2.75) is 57.9 Å². The fraction of sp³-hybridized carbons (Fsp3) is 0.632. The molecule has 0 aromatic carbocycles. The van der Waals surface area contributed by atoms with Crippen molar-refractivity contribution in [1.29, 1.82) is 0 Å². The molecular formula is C19H27ClN4O2S. The average molecular weight is 411 g/mol. The monoisotopic (exact) mass is 410 g/mol. The van der Waals surface area contributed by atoms with Crippen molar-refractivity contribution < 1.29 is 4.79 Å². The summed E-state index contributed by atoms with van der Waals surface area (Å²) in [6.07, 6.45) is 6.10. The Balaban J connectivity index is 0.00000210.